The van der Waals surface area contributed by atoms with E-state index in [0.717, 1.165) is 27.9 Å². The predicted octanol–water partition coefficient (Wildman–Crippen LogP) is 3.16. The fourth-order valence-electron chi connectivity index (χ4n) is 2.36. The van der Waals surface area contributed by atoms with Gasteiger partial charge in [0, 0.05) is 17.0 Å². The van der Waals surface area contributed by atoms with Crippen LogP contribution in [0.2, 0.25) is 5.28 Å². The fourth-order valence-corrected chi connectivity index (χ4v) is 2.53. The molecule has 0 radical (unpaired) electrons. The van der Waals surface area contributed by atoms with Crippen molar-refractivity contribution in [3.05, 3.63) is 35.9 Å². The smallest absolute Gasteiger partial charge is 0.225 e. The first-order valence-corrected chi connectivity index (χ1v) is 6.66. The van der Waals surface area contributed by atoms with Crippen molar-refractivity contribution in [2.75, 3.05) is 7.11 Å². The molecule has 104 valence electrons. The molecule has 0 saturated carbocycles. The molecule has 1 aromatic carbocycles. The monoisotopic (exact) mass is 299 g/mol. The highest BCUT2D eigenvalue weighted by Crippen LogP contribution is 2.29. The maximum Gasteiger partial charge on any atom is 0.225 e. The Labute approximate surface area is 124 Å². The van der Waals surface area contributed by atoms with E-state index in [1.165, 1.54) is 0 Å². The van der Waals surface area contributed by atoms with Crippen molar-refractivity contribution in [3.63, 3.8) is 0 Å². The first kappa shape index (κ1) is 12.2. The molecule has 0 unspecified atom stereocenters. The average Bonchev–Trinajstić information content (AvgIpc) is 3.11. The Morgan fingerprint density at radius 2 is 2.10 bits per heavy atom. The summed E-state index contributed by atoms with van der Waals surface area (Å²) in [6.45, 7) is 0. The van der Waals surface area contributed by atoms with Gasteiger partial charge in [-0.05, 0) is 29.8 Å². The van der Waals surface area contributed by atoms with Gasteiger partial charge in [-0.1, -0.05) is 0 Å². The quantitative estimate of drug-likeness (QED) is 0.557. The third-order valence-corrected chi connectivity index (χ3v) is 3.51. The Bertz CT molecular complexity index is 958. The van der Waals surface area contributed by atoms with Crippen molar-refractivity contribution in [2.45, 2.75) is 0 Å². The second-order valence-electron chi connectivity index (χ2n) is 4.58. The standard InChI is InChI=1S/C14H10ClN5O/c1-21-8-3-2-7-4-10(18-9(7)5-8)11-12-13(17-6-16-12)20-14(15)19-11/h2-6,18H,1H3,(H,16,17,19,20). The van der Waals surface area contributed by atoms with Crippen LogP contribution in [0.1, 0.15) is 0 Å². The highest BCUT2D eigenvalue weighted by Gasteiger charge is 2.13. The fraction of sp³-hybridized carbons (Fsp3) is 0.0714. The van der Waals surface area contributed by atoms with Gasteiger partial charge in [-0.25, -0.2) is 9.97 Å². The number of ether oxygens (including phenoxy) is 1. The van der Waals surface area contributed by atoms with Crippen LogP contribution >= 0.6 is 11.6 Å². The lowest BCUT2D eigenvalue weighted by Crippen LogP contribution is -1.90. The maximum atomic E-state index is 5.97. The number of nitrogens with zero attached hydrogens (tertiary/aromatic N) is 3. The molecule has 4 rings (SSSR count). The minimum absolute atomic E-state index is 0.167. The zero-order valence-corrected chi connectivity index (χ0v) is 11.8. The maximum absolute atomic E-state index is 5.97. The van der Waals surface area contributed by atoms with Gasteiger partial charge in [-0.2, -0.15) is 4.98 Å². The number of hydrogen-bond acceptors (Lipinski definition) is 4. The van der Waals surface area contributed by atoms with Crippen LogP contribution in [-0.2, 0) is 0 Å². The molecule has 0 aliphatic rings. The second-order valence-corrected chi connectivity index (χ2v) is 4.92. The van der Waals surface area contributed by atoms with Gasteiger partial charge in [0.1, 0.15) is 17.0 Å². The molecule has 0 saturated heterocycles. The zero-order valence-electron chi connectivity index (χ0n) is 11.0. The van der Waals surface area contributed by atoms with Crippen molar-refractivity contribution >= 4 is 33.7 Å². The van der Waals surface area contributed by atoms with E-state index in [9.17, 15) is 0 Å². The Balaban J connectivity index is 1.97. The Hall–Kier alpha value is -2.60. The normalized spacial score (nSPS) is 11.3. The number of hydrogen-bond donors (Lipinski definition) is 2. The summed E-state index contributed by atoms with van der Waals surface area (Å²) in [7, 11) is 1.64. The highest BCUT2D eigenvalue weighted by molar-refractivity contribution is 6.28. The van der Waals surface area contributed by atoms with Gasteiger partial charge in [0.05, 0.1) is 19.1 Å². The summed E-state index contributed by atoms with van der Waals surface area (Å²) >= 11 is 5.97. The van der Waals surface area contributed by atoms with Crippen molar-refractivity contribution in [3.8, 4) is 17.1 Å². The van der Waals surface area contributed by atoms with Gasteiger partial charge in [0.2, 0.25) is 5.28 Å². The lowest BCUT2D eigenvalue weighted by atomic mass is 10.2. The van der Waals surface area contributed by atoms with Gasteiger partial charge < -0.3 is 14.7 Å². The molecule has 0 fully saturated rings. The summed E-state index contributed by atoms with van der Waals surface area (Å²) in [6.07, 6.45) is 1.57. The van der Waals surface area contributed by atoms with Crippen LogP contribution < -0.4 is 4.74 Å². The van der Waals surface area contributed by atoms with Gasteiger partial charge in [-0.15, -0.1) is 0 Å². The van der Waals surface area contributed by atoms with Crippen molar-refractivity contribution in [1.29, 1.82) is 0 Å². The molecule has 0 amide bonds. The molecule has 0 aliphatic heterocycles. The zero-order chi connectivity index (χ0) is 14.4. The number of nitrogens with one attached hydrogen (secondary N) is 2. The predicted molar refractivity (Wildman–Crippen MR) is 80.5 cm³/mol. The molecule has 3 aromatic heterocycles. The lowest BCUT2D eigenvalue weighted by molar-refractivity contribution is 0.415. The third-order valence-electron chi connectivity index (χ3n) is 3.34. The molecule has 2 N–H and O–H groups in total. The average molecular weight is 300 g/mol. The van der Waals surface area contributed by atoms with Crippen LogP contribution in [0.4, 0.5) is 0 Å². The van der Waals surface area contributed by atoms with E-state index in [1.54, 1.807) is 13.4 Å². The van der Waals surface area contributed by atoms with Crippen LogP contribution in [0.15, 0.2) is 30.6 Å². The molecule has 0 spiro atoms. The summed E-state index contributed by atoms with van der Waals surface area (Å²) in [5.74, 6) is 0.795. The first-order valence-electron chi connectivity index (χ1n) is 6.28. The number of halogens is 1. The molecule has 0 bridgehead atoms. The largest absolute Gasteiger partial charge is 0.497 e. The topological polar surface area (TPSA) is 79.5 Å². The lowest BCUT2D eigenvalue weighted by Gasteiger charge is -1.99. The second kappa shape index (κ2) is 4.46. The molecule has 4 aromatic rings. The van der Waals surface area contributed by atoms with Crippen LogP contribution in [0, 0.1) is 0 Å². The van der Waals surface area contributed by atoms with E-state index < -0.39 is 0 Å². The summed E-state index contributed by atoms with van der Waals surface area (Å²) in [6, 6.07) is 7.85. The van der Waals surface area contributed by atoms with Crippen LogP contribution in [0.25, 0.3) is 33.5 Å². The van der Waals surface area contributed by atoms with Gasteiger partial charge in [0.25, 0.3) is 0 Å². The van der Waals surface area contributed by atoms with Crippen molar-refractivity contribution in [1.82, 2.24) is 24.9 Å². The number of benzene rings is 1. The van der Waals surface area contributed by atoms with Gasteiger partial charge >= 0.3 is 0 Å². The molecule has 3 heterocycles. The number of aromatic nitrogens is 5. The molecule has 0 atom stereocenters. The van der Waals surface area contributed by atoms with E-state index in [0.29, 0.717) is 11.3 Å². The molecular weight excluding hydrogens is 290 g/mol. The summed E-state index contributed by atoms with van der Waals surface area (Å²) < 4.78 is 5.23. The van der Waals surface area contributed by atoms with Crippen molar-refractivity contribution in [2.24, 2.45) is 0 Å². The van der Waals surface area contributed by atoms with E-state index in [2.05, 4.69) is 24.9 Å². The summed E-state index contributed by atoms with van der Waals surface area (Å²) in [4.78, 5) is 18.9. The highest BCUT2D eigenvalue weighted by atomic mass is 35.5. The van der Waals surface area contributed by atoms with E-state index in [4.69, 9.17) is 16.3 Å². The van der Waals surface area contributed by atoms with E-state index >= 15 is 0 Å². The number of fused-ring (bicyclic) bond motifs is 2. The van der Waals surface area contributed by atoms with Gasteiger partial charge in [0.15, 0.2) is 5.65 Å². The Morgan fingerprint density at radius 3 is 2.95 bits per heavy atom. The number of rotatable bonds is 2. The summed E-state index contributed by atoms with van der Waals surface area (Å²) in [5.41, 5.74) is 3.79. The number of imidazole rings is 1. The first-order chi connectivity index (χ1) is 10.2. The van der Waals surface area contributed by atoms with Crippen LogP contribution in [-0.4, -0.2) is 32.0 Å². The minimum atomic E-state index is 0.167. The van der Waals surface area contributed by atoms with E-state index in [1.807, 2.05) is 24.3 Å². The van der Waals surface area contributed by atoms with Gasteiger partial charge in [-0.3, -0.25) is 0 Å². The van der Waals surface area contributed by atoms with E-state index in [-0.39, 0.29) is 5.28 Å². The molecule has 21 heavy (non-hydrogen) atoms. The third kappa shape index (κ3) is 1.92. The number of methoxy groups -OCH3 is 1. The molecule has 6 nitrogen and oxygen atoms in total. The number of aromatic amines is 2. The Morgan fingerprint density at radius 1 is 1.19 bits per heavy atom. The van der Waals surface area contributed by atoms with Crippen LogP contribution in [0.3, 0.4) is 0 Å². The Kier molecular flexibility index (Phi) is 2.58. The molecule has 0 aliphatic carbocycles. The van der Waals surface area contributed by atoms with Crippen molar-refractivity contribution < 1.29 is 4.74 Å². The molecule has 7 heteroatoms. The van der Waals surface area contributed by atoms with Crippen LogP contribution in [0.5, 0.6) is 5.75 Å². The SMILES string of the molecule is COc1ccc2cc(-c3nc(Cl)nc4nc[nH]c34)[nH]c2c1. The summed E-state index contributed by atoms with van der Waals surface area (Å²) in [5, 5.41) is 1.23. The molecular formula is C14H10ClN5O. The minimum Gasteiger partial charge on any atom is -0.497 e. The number of H-pyrrole nitrogens is 2.